The van der Waals surface area contributed by atoms with Crippen LogP contribution in [0.4, 0.5) is 0 Å². The Balaban J connectivity index is 2.36. The summed E-state index contributed by atoms with van der Waals surface area (Å²) >= 11 is 3.12. The van der Waals surface area contributed by atoms with Crippen molar-refractivity contribution in [2.45, 2.75) is 18.8 Å². The normalized spacial score (nSPS) is 16.4. The van der Waals surface area contributed by atoms with Crippen LogP contribution in [-0.2, 0) is 0 Å². The minimum atomic E-state index is -0.453. The van der Waals surface area contributed by atoms with Crippen LogP contribution in [0.1, 0.15) is 34.9 Å². The first kappa shape index (κ1) is 7.79. The number of hydrogen-bond acceptors (Lipinski definition) is 2. The van der Waals surface area contributed by atoms with Crippen molar-refractivity contribution in [3.63, 3.8) is 0 Å². The van der Waals surface area contributed by atoms with Gasteiger partial charge in [0, 0.05) is 5.92 Å². The predicted octanol–water partition coefficient (Wildman–Crippen LogP) is 1.02. The lowest BCUT2D eigenvalue weighted by molar-refractivity contribution is 0.0994. The van der Waals surface area contributed by atoms with Crippen molar-refractivity contribution < 1.29 is 4.79 Å². The maximum atomic E-state index is 10.8. The topological polar surface area (TPSA) is 60.9 Å². The van der Waals surface area contributed by atoms with Gasteiger partial charge < -0.3 is 5.73 Å². The van der Waals surface area contributed by atoms with Crippen molar-refractivity contribution >= 4 is 22.1 Å². The summed E-state index contributed by atoms with van der Waals surface area (Å²) in [6.07, 6.45) is 2.34. The second-order valence-corrected chi connectivity index (χ2v) is 3.62. The maximum absolute atomic E-state index is 10.8. The van der Waals surface area contributed by atoms with Crippen LogP contribution in [0.15, 0.2) is 6.07 Å². The third-order valence-corrected chi connectivity index (χ3v) is 2.48. The average molecular weight is 230 g/mol. The van der Waals surface area contributed by atoms with Crippen LogP contribution < -0.4 is 5.73 Å². The Kier molecular flexibility index (Phi) is 1.68. The van der Waals surface area contributed by atoms with Crippen LogP contribution in [0, 0.1) is 0 Å². The fraction of sp³-hybridized carbons (Fsp3) is 0.429. The summed E-state index contributed by atoms with van der Waals surface area (Å²) < 4.78 is 1.36. The summed E-state index contributed by atoms with van der Waals surface area (Å²) in [5.74, 6) is 0.0909. The Morgan fingerprint density at radius 2 is 2.42 bits per heavy atom. The zero-order valence-corrected chi connectivity index (χ0v) is 7.91. The number of rotatable bonds is 2. The summed E-state index contributed by atoms with van der Waals surface area (Å²) in [5.41, 5.74) is 6.49. The molecule has 1 heterocycles. The summed E-state index contributed by atoms with van der Waals surface area (Å²) in [6.45, 7) is 0. The van der Waals surface area contributed by atoms with Gasteiger partial charge in [0.2, 0.25) is 0 Å². The monoisotopic (exact) mass is 229 g/mol. The molecule has 1 aliphatic rings. The Bertz CT molecular complexity index is 329. The van der Waals surface area contributed by atoms with Gasteiger partial charge in [-0.3, -0.25) is 4.79 Å². The van der Waals surface area contributed by atoms with E-state index in [9.17, 15) is 4.79 Å². The molecule has 0 atom stereocenters. The molecule has 1 saturated carbocycles. The van der Waals surface area contributed by atoms with Gasteiger partial charge in [-0.05, 0) is 18.9 Å². The molecule has 1 amide bonds. The number of amides is 1. The van der Waals surface area contributed by atoms with Gasteiger partial charge in [0.25, 0.3) is 5.91 Å². The van der Waals surface area contributed by atoms with E-state index in [1.165, 1.54) is 16.5 Å². The van der Waals surface area contributed by atoms with E-state index >= 15 is 0 Å². The highest BCUT2D eigenvalue weighted by Crippen LogP contribution is 2.39. The molecule has 2 rings (SSSR count). The van der Waals surface area contributed by atoms with Gasteiger partial charge in [-0.2, -0.15) is 8.81 Å². The van der Waals surface area contributed by atoms with E-state index in [4.69, 9.17) is 5.73 Å². The fourth-order valence-corrected chi connectivity index (χ4v) is 1.58. The lowest BCUT2D eigenvalue weighted by atomic mass is 10.2. The van der Waals surface area contributed by atoms with Gasteiger partial charge in [0.05, 0.1) is 21.8 Å². The average Bonchev–Trinajstić information content (AvgIpc) is 2.75. The van der Waals surface area contributed by atoms with E-state index < -0.39 is 5.91 Å². The highest BCUT2D eigenvalue weighted by molar-refractivity contribution is 9.08. The molecule has 1 fully saturated rings. The molecule has 0 spiro atoms. The first-order valence-electron chi connectivity index (χ1n) is 3.74. The molecule has 0 aromatic carbocycles. The molecule has 1 aromatic heterocycles. The number of aromatic nitrogens is 2. The first-order chi connectivity index (χ1) is 5.68. The number of carbonyl (C=O) groups excluding carboxylic acids is 1. The van der Waals surface area contributed by atoms with Gasteiger partial charge in [0.1, 0.15) is 5.69 Å². The van der Waals surface area contributed by atoms with Crippen LogP contribution in [0.25, 0.3) is 0 Å². The van der Waals surface area contributed by atoms with Gasteiger partial charge >= 0.3 is 0 Å². The fourth-order valence-electron chi connectivity index (χ4n) is 1.12. The lowest BCUT2D eigenvalue weighted by Gasteiger charge is -1.89. The van der Waals surface area contributed by atoms with Gasteiger partial charge in [-0.25, -0.2) is 0 Å². The molecule has 4 nitrogen and oxygen atoms in total. The van der Waals surface area contributed by atoms with Crippen LogP contribution in [0.2, 0.25) is 0 Å². The Labute approximate surface area is 78.1 Å². The Hall–Kier alpha value is -0.840. The predicted molar refractivity (Wildman–Crippen MR) is 47.0 cm³/mol. The molecule has 12 heavy (non-hydrogen) atoms. The SMILES string of the molecule is NC(=O)c1cc(C2CC2)nn1Br. The smallest absolute Gasteiger partial charge is 0.268 e. The summed E-state index contributed by atoms with van der Waals surface area (Å²) in [4.78, 5) is 10.8. The van der Waals surface area contributed by atoms with Crippen LogP contribution in [0.3, 0.4) is 0 Å². The van der Waals surface area contributed by atoms with Gasteiger partial charge in [0.15, 0.2) is 0 Å². The summed E-state index contributed by atoms with van der Waals surface area (Å²) in [6, 6.07) is 1.74. The first-order valence-corrected chi connectivity index (χ1v) is 4.45. The van der Waals surface area contributed by atoms with E-state index in [0.29, 0.717) is 11.6 Å². The number of primary amides is 1. The largest absolute Gasteiger partial charge is 0.364 e. The Morgan fingerprint density at radius 1 is 1.75 bits per heavy atom. The summed E-state index contributed by atoms with van der Waals surface area (Å²) in [7, 11) is 0. The van der Waals surface area contributed by atoms with E-state index in [2.05, 4.69) is 21.2 Å². The second kappa shape index (κ2) is 2.58. The molecule has 0 aliphatic heterocycles. The van der Waals surface area contributed by atoms with Crippen LogP contribution >= 0.6 is 16.1 Å². The molecular formula is C7H8BrN3O. The quantitative estimate of drug-likeness (QED) is 0.824. The minimum absolute atomic E-state index is 0.414. The van der Waals surface area contributed by atoms with Crippen molar-refractivity contribution in [3.05, 3.63) is 17.5 Å². The molecule has 64 valence electrons. The van der Waals surface area contributed by atoms with E-state index in [1.54, 1.807) is 6.07 Å². The van der Waals surface area contributed by atoms with Gasteiger partial charge in [-0.1, -0.05) is 0 Å². The van der Waals surface area contributed by atoms with E-state index in [0.717, 1.165) is 5.69 Å². The molecule has 0 bridgehead atoms. The van der Waals surface area contributed by atoms with E-state index in [1.807, 2.05) is 0 Å². The maximum Gasteiger partial charge on any atom is 0.268 e. The minimum Gasteiger partial charge on any atom is -0.364 e. The highest BCUT2D eigenvalue weighted by Gasteiger charge is 2.27. The van der Waals surface area contributed by atoms with Crippen LogP contribution in [-0.4, -0.2) is 14.7 Å². The molecule has 0 radical (unpaired) electrons. The Morgan fingerprint density at radius 3 is 2.83 bits per heavy atom. The third kappa shape index (κ3) is 1.24. The molecule has 2 N–H and O–H groups in total. The standard InChI is InChI=1S/C7H8BrN3O/c8-11-6(7(9)12)3-5(10-11)4-1-2-4/h3-4H,1-2H2,(H2,9,12). The molecule has 0 saturated heterocycles. The van der Waals surface area contributed by atoms with Crippen molar-refractivity contribution in [3.8, 4) is 0 Å². The molecule has 0 unspecified atom stereocenters. The van der Waals surface area contributed by atoms with Crippen molar-refractivity contribution in [1.29, 1.82) is 0 Å². The lowest BCUT2D eigenvalue weighted by Crippen LogP contribution is -2.13. The molecular weight excluding hydrogens is 222 g/mol. The van der Waals surface area contributed by atoms with E-state index in [-0.39, 0.29) is 0 Å². The second-order valence-electron chi connectivity index (χ2n) is 2.95. The number of nitrogens with two attached hydrogens (primary N) is 1. The van der Waals surface area contributed by atoms with Crippen molar-refractivity contribution in [1.82, 2.24) is 8.81 Å². The highest BCUT2D eigenvalue weighted by atomic mass is 79.9. The van der Waals surface area contributed by atoms with Crippen LogP contribution in [0.5, 0.6) is 0 Å². The van der Waals surface area contributed by atoms with Gasteiger partial charge in [-0.15, -0.1) is 0 Å². The zero-order valence-electron chi connectivity index (χ0n) is 6.33. The molecule has 5 heteroatoms. The number of hydrogen-bond donors (Lipinski definition) is 1. The molecule has 1 aliphatic carbocycles. The molecule has 1 aromatic rings. The number of halogens is 1. The number of nitrogens with zero attached hydrogens (tertiary/aromatic N) is 2. The zero-order chi connectivity index (χ0) is 8.72. The third-order valence-electron chi connectivity index (χ3n) is 1.93. The number of carbonyl (C=O) groups is 1. The van der Waals surface area contributed by atoms with Crippen molar-refractivity contribution in [2.75, 3.05) is 0 Å². The van der Waals surface area contributed by atoms with Crippen molar-refractivity contribution in [2.24, 2.45) is 5.73 Å². The summed E-state index contributed by atoms with van der Waals surface area (Å²) in [5, 5.41) is 4.13.